The normalized spacial score (nSPS) is 25.8. The molecule has 0 bridgehead atoms. The lowest BCUT2D eigenvalue weighted by Gasteiger charge is -2.40. The van der Waals surface area contributed by atoms with Crippen LogP contribution in [0.15, 0.2) is 24.3 Å². The van der Waals surface area contributed by atoms with Gasteiger partial charge in [-0.05, 0) is 31.5 Å². The van der Waals surface area contributed by atoms with Crippen LogP contribution in [0.3, 0.4) is 0 Å². The van der Waals surface area contributed by atoms with Crippen molar-refractivity contribution >= 4 is 5.69 Å². The molecule has 0 amide bonds. The number of hydrogen-bond acceptors (Lipinski definition) is 3. The average molecular weight is 220 g/mol. The second-order valence-electron chi connectivity index (χ2n) is 4.64. The molecule has 0 spiro atoms. The van der Waals surface area contributed by atoms with Gasteiger partial charge in [-0.15, -0.1) is 0 Å². The first-order chi connectivity index (χ1) is 7.70. The van der Waals surface area contributed by atoms with Crippen LogP contribution in [-0.2, 0) is 0 Å². The zero-order valence-corrected chi connectivity index (χ0v) is 9.98. The van der Waals surface area contributed by atoms with Crippen LogP contribution >= 0.6 is 0 Å². The largest absolute Gasteiger partial charge is 0.394 e. The number of nitrogens with one attached hydrogen (secondary N) is 1. The molecule has 3 heteroatoms. The molecule has 0 aromatic heterocycles. The van der Waals surface area contributed by atoms with Crippen molar-refractivity contribution in [3.63, 3.8) is 0 Å². The molecule has 1 aliphatic heterocycles. The van der Waals surface area contributed by atoms with Crippen LogP contribution < -0.4 is 10.2 Å². The summed E-state index contributed by atoms with van der Waals surface area (Å²) in [4.78, 5) is 2.30. The van der Waals surface area contributed by atoms with Gasteiger partial charge in [0.25, 0.3) is 0 Å². The predicted molar refractivity (Wildman–Crippen MR) is 66.9 cm³/mol. The monoisotopic (exact) mass is 220 g/mol. The van der Waals surface area contributed by atoms with Crippen LogP contribution in [0.4, 0.5) is 5.69 Å². The number of benzene rings is 1. The fourth-order valence-electron chi connectivity index (χ4n) is 2.24. The molecule has 1 aromatic carbocycles. The maximum atomic E-state index is 9.40. The van der Waals surface area contributed by atoms with E-state index in [9.17, 15) is 5.11 Å². The number of rotatable bonds is 2. The highest BCUT2D eigenvalue weighted by Crippen LogP contribution is 2.20. The van der Waals surface area contributed by atoms with Gasteiger partial charge in [-0.2, -0.15) is 0 Å². The number of aliphatic hydroxyl groups is 1. The number of nitrogens with zero attached hydrogens (tertiary/aromatic N) is 1. The van der Waals surface area contributed by atoms with E-state index in [1.54, 1.807) is 0 Å². The van der Waals surface area contributed by atoms with Crippen LogP contribution in [0.1, 0.15) is 12.5 Å². The highest BCUT2D eigenvalue weighted by molar-refractivity contribution is 5.50. The van der Waals surface area contributed by atoms with Gasteiger partial charge in [-0.3, -0.25) is 0 Å². The molecule has 3 nitrogen and oxygen atoms in total. The molecule has 2 atom stereocenters. The first-order valence-electron chi connectivity index (χ1n) is 5.88. The number of aryl methyl sites for hydroxylation is 1. The van der Waals surface area contributed by atoms with E-state index < -0.39 is 0 Å². The average Bonchev–Trinajstić information content (AvgIpc) is 2.29. The summed E-state index contributed by atoms with van der Waals surface area (Å²) in [7, 11) is 0. The minimum atomic E-state index is 0.193. The molecular formula is C13H20N2O. The van der Waals surface area contributed by atoms with Gasteiger partial charge in [0, 0.05) is 24.8 Å². The van der Waals surface area contributed by atoms with Crippen molar-refractivity contribution in [1.29, 1.82) is 0 Å². The molecule has 16 heavy (non-hydrogen) atoms. The molecule has 1 aliphatic rings. The third-order valence-corrected chi connectivity index (χ3v) is 3.16. The molecule has 2 rings (SSSR count). The van der Waals surface area contributed by atoms with E-state index in [1.807, 2.05) is 0 Å². The van der Waals surface area contributed by atoms with Gasteiger partial charge in [0.05, 0.1) is 12.6 Å². The van der Waals surface area contributed by atoms with E-state index in [4.69, 9.17) is 0 Å². The molecule has 0 radical (unpaired) electrons. The predicted octanol–water partition coefficient (Wildman–Crippen LogP) is 1.15. The van der Waals surface area contributed by atoms with Gasteiger partial charge < -0.3 is 15.3 Å². The van der Waals surface area contributed by atoms with Gasteiger partial charge in [-0.1, -0.05) is 12.1 Å². The smallest absolute Gasteiger partial charge is 0.0647 e. The molecule has 1 fully saturated rings. The molecule has 0 saturated carbocycles. The van der Waals surface area contributed by atoms with E-state index >= 15 is 0 Å². The molecule has 88 valence electrons. The zero-order valence-electron chi connectivity index (χ0n) is 9.98. The van der Waals surface area contributed by atoms with Gasteiger partial charge in [0.15, 0.2) is 0 Å². The van der Waals surface area contributed by atoms with Gasteiger partial charge in [-0.25, -0.2) is 0 Å². The Balaban J connectivity index is 2.22. The Kier molecular flexibility index (Phi) is 3.46. The Hall–Kier alpha value is -1.06. The SMILES string of the molecule is Cc1cccc(N2CC(C)NCC2CO)c1. The summed E-state index contributed by atoms with van der Waals surface area (Å²) in [6.07, 6.45) is 0. The standard InChI is InChI=1S/C13H20N2O/c1-10-4-3-5-12(6-10)15-8-11(2)14-7-13(15)9-16/h3-6,11,13-14,16H,7-9H2,1-2H3. The Morgan fingerprint density at radius 2 is 2.31 bits per heavy atom. The van der Waals surface area contributed by atoms with E-state index in [1.165, 1.54) is 11.3 Å². The van der Waals surface area contributed by atoms with Crippen molar-refractivity contribution in [3.8, 4) is 0 Å². The van der Waals surface area contributed by atoms with Crippen LogP contribution in [0.25, 0.3) is 0 Å². The van der Waals surface area contributed by atoms with Crippen LogP contribution in [0, 0.1) is 6.92 Å². The lowest BCUT2D eigenvalue weighted by atomic mass is 10.1. The van der Waals surface area contributed by atoms with Crippen LogP contribution in [0.2, 0.25) is 0 Å². The summed E-state index contributed by atoms with van der Waals surface area (Å²) in [6, 6.07) is 9.14. The van der Waals surface area contributed by atoms with Gasteiger partial charge in [0.1, 0.15) is 0 Å². The molecule has 2 N–H and O–H groups in total. The topological polar surface area (TPSA) is 35.5 Å². The highest BCUT2D eigenvalue weighted by Gasteiger charge is 2.25. The maximum absolute atomic E-state index is 9.40. The highest BCUT2D eigenvalue weighted by atomic mass is 16.3. The van der Waals surface area contributed by atoms with Crippen molar-refractivity contribution in [1.82, 2.24) is 5.32 Å². The quantitative estimate of drug-likeness (QED) is 0.785. The first kappa shape index (κ1) is 11.4. The zero-order chi connectivity index (χ0) is 11.5. The third kappa shape index (κ3) is 2.36. The number of piperazine rings is 1. The minimum Gasteiger partial charge on any atom is -0.394 e. The number of hydrogen-bond donors (Lipinski definition) is 2. The summed E-state index contributed by atoms with van der Waals surface area (Å²) in [5.74, 6) is 0. The molecule has 2 unspecified atom stereocenters. The lowest BCUT2D eigenvalue weighted by Crippen LogP contribution is -2.57. The van der Waals surface area contributed by atoms with Crippen LogP contribution in [0.5, 0.6) is 0 Å². The van der Waals surface area contributed by atoms with E-state index in [2.05, 4.69) is 48.3 Å². The second kappa shape index (κ2) is 4.85. The molecule has 1 saturated heterocycles. The Morgan fingerprint density at radius 1 is 1.50 bits per heavy atom. The summed E-state index contributed by atoms with van der Waals surface area (Å²) in [5.41, 5.74) is 2.48. The fourth-order valence-corrected chi connectivity index (χ4v) is 2.24. The lowest BCUT2D eigenvalue weighted by molar-refractivity contribution is 0.237. The first-order valence-corrected chi connectivity index (χ1v) is 5.88. The third-order valence-electron chi connectivity index (χ3n) is 3.16. The maximum Gasteiger partial charge on any atom is 0.0647 e. The Labute approximate surface area is 97.1 Å². The summed E-state index contributed by atoms with van der Waals surface area (Å²) < 4.78 is 0. The summed E-state index contributed by atoms with van der Waals surface area (Å²) >= 11 is 0. The van der Waals surface area contributed by atoms with Gasteiger partial charge >= 0.3 is 0 Å². The van der Waals surface area contributed by atoms with E-state index in [-0.39, 0.29) is 12.6 Å². The number of anilines is 1. The molecule has 1 aromatic rings. The molecular weight excluding hydrogens is 200 g/mol. The fraction of sp³-hybridized carbons (Fsp3) is 0.538. The van der Waals surface area contributed by atoms with Crippen molar-refractivity contribution in [3.05, 3.63) is 29.8 Å². The van der Waals surface area contributed by atoms with E-state index in [0.717, 1.165) is 13.1 Å². The minimum absolute atomic E-state index is 0.193. The molecule has 1 heterocycles. The molecule has 0 aliphatic carbocycles. The number of aliphatic hydroxyl groups excluding tert-OH is 1. The Morgan fingerprint density at radius 3 is 3.00 bits per heavy atom. The van der Waals surface area contributed by atoms with E-state index in [0.29, 0.717) is 6.04 Å². The van der Waals surface area contributed by atoms with Gasteiger partial charge in [0.2, 0.25) is 0 Å². The summed E-state index contributed by atoms with van der Waals surface area (Å²) in [6.45, 7) is 6.29. The second-order valence-corrected chi connectivity index (χ2v) is 4.64. The van der Waals surface area contributed by atoms with Crippen molar-refractivity contribution in [2.75, 3.05) is 24.6 Å². The Bertz CT molecular complexity index is 354. The van der Waals surface area contributed by atoms with Crippen molar-refractivity contribution in [2.45, 2.75) is 25.9 Å². The van der Waals surface area contributed by atoms with Crippen LogP contribution in [-0.4, -0.2) is 36.9 Å². The summed E-state index contributed by atoms with van der Waals surface area (Å²) in [5, 5.41) is 12.8. The van der Waals surface area contributed by atoms with Crippen molar-refractivity contribution < 1.29 is 5.11 Å². The van der Waals surface area contributed by atoms with Crippen molar-refractivity contribution in [2.24, 2.45) is 0 Å².